The topological polar surface area (TPSA) is 9.23 Å². The van der Waals surface area contributed by atoms with E-state index in [1.807, 2.05) is 0 Å². The Labute approximate surface area is 92.9 Å². The summed E-state index contributed by atoms with van der Waals surface area (Å²) in [6.45, 7) is 1.70. The Balaban J connectivity index is 2.57. The predicted octanol–water partition coefficient (Wildman–Crippen LogP) is 3.49. The van der Waals surface area contributed by atoms with Gasteiger partial charge in [0.05, 0.1) is 6.61 Å². The van der Waals surface area contributed by atoms with Crippen molar-refractivity contribution in [3.05, 3.63) is 0 Å². The summed E-state index contributed by atoms with van der Waals surface area (Å²) >= 11 is 0. The molecule has 0 aliphatic heterocycles. The van der Waals surface area contributed by atoms with Gasteiger partial charge in [-0.05, 0) is 5.92 Å². The molecule has 102 valence electrons. The second-order valence-electron chi connectivity index (χ2n) is 4.45. The molecule has 1 fully saturated rings. The van der Waals surface area contributed by atoms with Gasteiger partial charge in [0.1, 0.15) is 6.17 Å². The highest BCUT2D eigenvalue weighted by atomic mass is 19.4. The Morgan fingerprint density at radius 3 is 1.94 bits per heavy atom. The lowest BCUT2D eigenvalue weighted by atomic mass is 10.1. The smallest absolute Gasteiger partial charge is 0.317 e. The zero-order valence-corrected chi connectivity index (χ0v) is 8.99. The highest BCUT2D eigenvalue weighted by Crippen LogP contribution is 2.55. The van der Waals surface area contributed by atoms with Crippen molar-refractivity contribution in [3.8, 4) is 0 Å². The molecule has 1 saturated carbocycles. The summed E-state index contributed by atoms with van der Waals surface area (Å²) in [5.74, 6) is -0.595. The quantitative estimate of drug-likeness (QED) is 0.709. The molecule has 0 aromatic heterocycles. The van der Waals surface area contributed by atoms with Crippen LogP contribution >= 0.6 is 0 Å². The summed E-state index contributed by atoms with van der Waals surface area (Å²) in [6.07, 6.45) is -16.6. The molecule has 8 heteroatoms. The molecular weight excluding hydrogens is 257 g/mol. The van der Waals surface area contributed by atoms with Gasteiger partial charge < -0.3 is 4.74 Å². The van der Waals surface area contributed by atoms with Gasteiger partial charge in [0.2, 0.25) is 0 Å². The van der Waals surface area contributed by atoms with Crippen LogP contribution in [0, 0.1) is 11.3 Å². The Morgan fingerprint density at radius 1 is 1.24 bits per heavy atom. The largest absolute Gasteiger partial charge is 0.428 e. The molecule has 0 amide bonds. The van der Waals surface area contributed by atoms with E-state index >= 15 is 0 Å². The summed E-state index contributed by atoms with van der Waals surface area (Å²) < 4.78 is 89.5. The molecule has 0 aromatic rings. The Bertz CT molecular complexity index is 280. The third kappa shape index (κ3) is 2.66. The third-order valence-electron chi connectivity index (χ3n) is 3.16. The molecule has 1 aliphatic carbocycles. The number of hydrogen-bond donors (Lipinski definition) is 0. The summed E-state index contributed by atoms with van der Waals surface area (Å²) in [5.41, 5.74) is -1.27. The van der Waals surface area contributed by atoms with E-state index in [0.29, 0.717) is 0 Å². The van der Waals surface area contributed by atoms with Gasteiger partial charge in [0.25, 0.3) is 6.17 Å². The van der Waals surface area contributed by atoms with Crippen molar-refractivity contribution in [3.63, 3.8) is 0 Å². The van der Waals surface area contributed by atoms with Crippen molar-refractivity contribution in [1.82, 2.24) is 0 Å². The molecule has 0 spiro atoms. The Morgan fingerprint density at radius 2 is 1.65 bits per heavy atom. The fourth-order valence-electron chi connectivity index (χ4n) is 1.46. The number of halogens is 7. The van der Waals surface area contributed by atoms with Crippen LogP contribution in [-0.4, -0.2) is 31.2 Å². The predicted molar refractivity (Wildman–Crippen MR) is 44.0 cm³/mol. The molecule has 4 atom stereocenters. The third-order valence-corrected chi connectivity index (χ3v) is 3.16. The minimum atomic E-state index is -5.71. The zero-order valence-electron chi connectivity index (χ0n) is 8.99. The highest BCUT2D eigenvalue weighted by Gasteiger charge is 2.63. The minimum absolute atomic E-state index is 0.595. The van der Waals surface area contributed by atoms with Crippen LogP contribution < -0.4 is 0 Å². The lowest BCUT2D eigenvalue weighted by Gasteiger charge is -2.24. The number of alkyl halides is 7. The number of ether oxygens (including phenoxy) is 1. The first-order valence-electron chi connectivity index (χ1n) is 4.79. The SMILES string of the molecule is CC1[C@H](F)C1(C)COC(F)(F)C(F)C(F)(F)F. The number of hydrogen-bond acceptors (Lipinski definition) is 1. The van der Waals surface area contributed by atoms with Gasteiger partial charge in [-0.2, -0.15) is 22.0 Å². The molecule has 0 saturated heterocycles. The van der Waals surface area contributed by atoms with E-state index in [1.54, 1.807) is 0 Å². The molecule has 0 bridgehead atoms. The van der Waals surface area contributed by atoms with Crippen LogP contribution in [0.3, 0.4) is 0 Å². The molecule has 1 nitrogen and oxygen atoms in total. The van der Waals surface area contributed by atoms with Crippen LogP contribution in [0.25, 0.3) is 0 Å². The first kappa shape index (κ1) is 14.5. The van der Waals surface area contributed by atoms with Crippen LogP contribution in [-0.2, 0) is 4.74 Å². The van der Waals surface area contributed by atoms with Crippen LogP contribution in [0.2, 0.25) is 0 Å². The lowest BCUT2D eigenvalue weighted by molar-refractivity contribution is -0.339. The average molecular weight is 268 g/mol. The molecule has 3 unspecified atom stereocenters. The zero-order chi connectivity index (χ0) is 13.6. The Kier molecular flexibility index (Phi) is 3.42. The maximum absolute atomic E-state index is 12.9. The van der Waals surface area contributed by atoms with Crippen molar-refractivity contribution in [2.75, 3.05) is 6.61 Å². The first-order valence-corrected chi connectivity index (χ1v) is 4.79. The van der Waals surface area contributed by atoms with Gasteiger partial charge >= 0.3 is 12.3 Å². The van der Waals surface area contributed by atoms with E-state index in [-0.39, 0.29) is 0 Å². The summed E-state index contributed by atoms with van der Waals surface area (Å²) in [5, 5.41) is 0. The maximum atomic E-state index is 12.9. The van der Waals surface area contributed by atoms with E-state index in [1.165, 1.54) is 13.8 Å². The molecule has 17 heavy (non-hydrogen) atoms. The number of rotatable bonds is 4. The van der Waals surface area contributed by atoms with Crippen molar-refractivity contribution in [2.45, 2.75) is 38.5 Å². The summed E-state index contributed by atoms with van der Waals surface area (Å²) in [7, 11) is 0. The van der Waals surface area contributed by atoms with Crippen LogP contribution in [0.15, 0.2) is 0 Å². The second kappa shape index (κ2) is 4.00. The fourth-order valence-corrected chi connectivity index (χ4v) is 1.46. The molecule has 0 radical (unpaired) electrons. The second-order valence-corrected chi connectivity index (χ2v) is 4.45. The van der Waals surface area contributed by atoms with Crippen LogP contribution in [0.5, 0.6) is 0 Å². The standard InChI is InChI=1S/C9H11F7O/c1-4-5(10)7(4,2)3-17-9(15,16)6(11)8(12,13)14/h4-6H,3H2,1-2H3/t4?,5-,6?,7?/m0/s1. The van der Waals surface area contributed by atoms with E-state index in [0.717, 1.165) is 0 Å². The van der Waals surface area contributed by atoms with Crippen molar-refractivity contribution in [1.29, 1.82) is 0 Å². The normalized spacial score (nSPS) is 35.8. The molecule has 0 N–H and O–H groups in total. The van der Waals surface area contributed by atoms with Gasteiger partial charge in [0.15, 0.2) is 0 Å². The fraction of sp³-hybridized carbons (Fsp3) is 1.00. The van der Waals surface area contributed by atoms with Gasteiger partial charge in [0, 0.05) is 5.41 Å². The summed E-state index contributed by atoms with van der Waals surface area (Å²) in [6, 6.07) is 0. The van der Waals surface area contributed by atoms with Gasteiger partial charge in [-0.15, -0.1) is 0 Å². The van der Waals surface area contributed by atoms with Crippen LogP contribution in [0.1, 0.15) is 13.8 Å². The first-order chi connectivity index (χ1) is 7.43. The Hall–Kier alpha value is -0.530. The van der Waals surface area contributed by atoms with Crippen molar-refractivity contribution >= 4 is 0 Å². The molecule has 0 aromatic carbocycles. The summed E-state index contributed by atoms with van der Waals surface area (Å²) in [4.78, 5) is 0. The van der Waals surface area contributed by atoms with E-state index in [9.17, 15) is 30.7 Å². The lowest BCUT2D eigenvalue weighted by Crippen LogP contribution is -2.44. The highest BCUT2D eigenvalue weighted by molar-refractivity contribution is 5.06. The monoisotopic (exact) mass is 268 g/mol. The van der Waals surface area contributed by atoms with Crippen molar-refractivity contribution < 1.29 is 35.5 Å². The molecule has 1 aliphatic rings. The van der Waals surface area contributed by atoms with E-state index in [4.69, 9.17) is 0 Å². The molecule has 0 heterocycles. The van der Waals surface area contributed by atoms with E-state index in [2.05, 4.69) is 4.74 Å². The van der Waals surface area contributed by atoms with Gasteiger partial charge in [-0.1, -0.05) is 13.8 Å². The van der Waals surface area contributed by atoms with Crippen molar-refractivity contribution in [2.24, 2.45) is 11.3 Å². The van der Waals surface area contributed by atoms with Gasteiger partial charge in [-0.3, -0.25) is 0 Å². The maximum Gasteiger partial charge on any atom is 0.428 e. The molecular formula is C9H11F7O. The minimum Gasteiger partial charge on any atom is -0.317 e. The average Bonchev–Trinajstić information content (AvgIpc) is 2.65. The molecule has 1 rings (SSSR count). The van der Waals surface area contributed by atoms with E-state index < -0.39 is 42.6 Å². The van der Waals surface area contributed by atoms with Gasteiger partial charge in [-0.25, -0.2) is 8.78 Å². The van der Waals surface area contributed by atoms with Crippen LogP contribution in [0.4, 0.5) is 30.7 Å².